The van der Waals surface area contributed by atoms with E-state index in [1.807, 2.05) is 19.1 Å². The van der Waals surface area contributed by atoms with Crippen molar-refractivity contribution in [2.75, 3.05) is 6.61 Å². The highest BCUT2D eigenvalue weighted by Gasteiger charge is 2.17. The predicted octanol–water partition coefficient (Wildman–Crippen LogP) is 5.70. The number of halogens is 2. The van der Waals surface area contributed by atoms with Gasteiger partial charge in [0.15, 0.2) is 0 Å². The van der Waals surface area contributed by atoms with E-state index in [9.17, 15) is 0 Å². The highest BCUT2D eigenvalue weighted by molar-refractivity contribution is 9.11. The summed E-state index contributed by atoms with van der Waals surface area (Å²) in [7, 11) is 0. The quantitative estimate of drug-likeness (QED) is 0.609. The molecule has 0 aliphatic heterocycles. The summed E-state index contributed by atoms with van der Waals surface area (Å²) in [5, 5.41) is 2.13. The molecule has 0 aliphatic carbocycles. The number of hydrogen-bond acceptors (Lipinski definition) is 2. The largest absolute Gasteiger partial charge is 0.494 e. The van der Waals surface area contributed by atoms with Gasteiger partial charge in [0.2, 0.25) is 0 Å². The van der Waals surface area contributed by atoms with Crippen molar-refractivity contribution in [3.05, 3.63) is 50.1 Å². The molecule has 1 aromatic carbocycles. The van der Waals surface area contributed by atoms with Crippen molar-refractivity contribution >= 4 is 43.2 Å². The van der Waals surface area contributed by atoms with Gasteiger partial charge < -0.3 is 4.74 Å². The highest BCUT2D eigenvalue weighted by atomic mass is 79.9. The Labute approximate surface area is 128 Å². The molecular weight excluding hydrogens is 376 g/mol. The minimum atomic E-state index is 0.225. The van der Waals surface area contributed by atoms with Crippen LogP contribution in [0.4, 0.5) is 0 Å². The third kappa shape index (κ3) is 2.98. The Bertz CT molecular complexity index is 536. The van der Waals surface area contributed by atoms with Gasteiger partial charge in [-0.05, 0) is 48.6 Å². The van der Waals surface area contributed by atoms with Crippen LogP contribution in [0.2, 0.25) is 0 Å². The van der Waals surface area contributed by atoms with Crippen LogP contribution in [0.25, 0.3) is 0 Å². The molecule has 0 N–H and O–H groups in total. The first-order chi connectivity index (χ1) is 8.63. The maximum absolute atomic E-state index is 5.49. The monoisotopic (exact) mass is 388 g/mol. The maximum Gasteiger partial charge on any atom is 0.120 e. The van der Waals surface area contributed by atoms with E-state index in [0.717, 1.165) is 10.2 Å². The van der Waals surface area contributed by atoms with Gasteiger partial charge in [0.05, 0.1) is 11.4 Å². The summed E-state index contributed by atoms with van der Waals surface area (Å²) in [4.78, 5) is 1.57. The van der Waals surface area contributed by atoms with Gasteiger partial charge in [-0.2, -0.15) is 0 Å². The minimum absolute atomic E-state index is 0.225. The van der Waals surface area contributed by atoms with Gasteiger partial charge in [-0.3, -0.25) is 0 Å². The van der Waals surface area contributed by atoms with Gasteiger partial charge in [0, 0.05) is 9.35 Å². The fourth-order valence-electron chi connectivity index (χ4n) is 1.76. The van der Waals surface area contributed by atoms with E-state index < -0.39 is 0 Å². The fourth-order valence-corrected chi connectivity index (χ4v) is 4.65. The van der Waals surface area contributed by atoms with E-state index in [-0.39, 0.29) is 4.83 Å². The summed E-state index contributed by atoms with van der Waals surface area (Å²) in [5.41, 5.74) is 2.55. The summed E-state index contributed by atoms with van der Waals surface area (Å²) < 4.78 is 6.57. The molecule has 2 rings (SSSR count). The van der Waals surface area contributed by atoms with Crippen molar-refractivity contribution in [2.45, 2.75) is 18.7 Å². The molecule has 0 fully saturated rings. The molecule has 1 atom stereocenters. The second-order valence-corrected chi connectivity index (χ2v) is 6.66. The van der Waals surface area contributed by atoms with Crippen molar-refractivity contribution in [1.82, 2.24) is 0 Å². The first-order valence-corrected chi connectivity index (χ1v) is 8.32. The number of rotatable bonds is 4. The smallest absolute Gasteiger partial charge is 0.120 e. The zero-order chi connectivity index (χ0) is 13.1. The van der Waals surface area contributed by atoms with E-state index in [0.29, 0.717) is 6.61 Å². The van der Waals surface area contributed by atoms with E-state index in [4.69, 9.17) is 4.74 Å². The molecule has 0 amide bonds. The molecule has 0 spiro atoms. The predicted molar refractivity (Wildman–Crippen MR) is 85.1 cm³/mol. The Morgan fingerprint density at radius 3 is 2.67 bits per heavy atom. The molecule has 0 bridgehead atoms. The van der Waals surface area contributed by atoms with E-state index in [1.54, 1.807) is 11.3 Å². The van der Waals surface area contributed by atoms with Crippen molar-refractivity contribution in [2.24, 2.45) is 0 Å². The average molecular weight is 390 g/mol. The fraction of sp³-hybridized carbons (Fsp3) is 0.286. The molecular formula is C14H14Br2OS. The number of aryl methyl sites for hydroxylation is 1. The third-order valence-electron chi connectivity index (χ3n) is 2.69. The normalized spacial score (nSPS) is 12.4. The number of ether oxygens (including phenoxy) is 1. The number of thiophene rings is 1. The van der Waals surface area contributed by atoms with E-state index >= 15 is 0 Å². The summed E-state index contributed by atoms with van der Waals surface area (Å²) in [5.74, 6) is 0.899. The van der Waals surface area contributed by atoms with Crippen molar-refractivity contribution < 1.29 is 4.74 Å². The molecule has 0 aliphatic rings. The molecule has 96 valence electrons. The molecule has 2 aromatic rings. The molecule has 0 radical (unpaired) electrons. The van der Waals surface area contributed by atoms with Crippen LogP contribution in [0.5, 0.6) is 5.75 Å². The Balaban J connectivity index is 2.31. The average Bonchev–Trinajstić information content (AvgIpc) is 2.75. The van der Waals surface area contributed by atoms with Gasteiger partial charge in [-0.25, -0.2) is 0 Å². The van der Waals surface area contributed by atoms with Crippen LogP contribution in [0.15, 0.2) is 34.1 Å². The van der Waals surface area contributed by atoms with Crippen LogP contribution in [0, 0.1) is 6.92 Å². The Hall–Kier alpha value is -0.320. The second kappa shape index (κ2) is 6.22. The van der Waals surface area contributed by atoms with E-state index in [1.165, 1.54) is 16.0 Å². The van der Waals surface area contributed by atoms with Crippen LogP contribution in [0.3, 0.4) is 0 Å². The molecule has 0 saturated heterocycles. The van der Waals surface area contributed by atoms with Gasteiger partial charge in [-0.1, -0.05) is 37.9 Å². The Morgan fingerprint density at radius 1 is 1.33 bits per heavy atom. The zero-order valence-corrected chi connectivity index (χ0v) is 14.2. The summed E-state index contributed by atoms with van der Waals surface area (Å²) in [6.45, 7) is 4.82. The molecule has 1 nitrogen and oxygen atoms in total. The zero-order valence-electron chi connectivity index (χ0n) is 10.2. The van der Waals surface area contributed by atoms with Crippen LogP contribution < -0.4 is 4.74 Å². The van der Waals surface area contributed by atoms with Crippen LogP contribution >= 0.6 is 43.2 Å². The van der Waals surface area contributed by atoms with Crippen LogP contribution in [0.1, 0.15) is 27.8 Å². The Morgan fingerprint density at radius 2 is 2.11 bits per heavy atom. The minimum Gasteiger partial charge on any atom is -0.494 e. The lowest BCUT2D eigenvalue weighted by molar-refractivity contribution is 0.340. The highest BCUT2D eigenvalue weighted by Crippen LogP contribution is 2.40. The number of hydrogen-bond donors (Lipinski definition) is 0. The SMILES string of the molecule is CCOc1ccc(C(Br)c2sccc2C)c(Br)c1. The lowest BCUT2D eigenvalue weighted by atomic mass is 10.1. The first-order valence-electron chi connectivity index (χ1n) is 5.73. The van der Waals surface area contributed by atoms with Crippen molar-refractivity contribution in [1.29, 1.82) is 0 Å². The number of alkyl halides is 1. The van der Waals surface area contributed by atoms with Gasteiger partial charge in [0.1, 0.15) is 5.75 Å². The maximum atomic E-state index is 5.49. The Kier molecular flexibility index (Phi) is 4.87. The molecule has 1 unspecified atom stereocenters. The number of benzene rings is 1. The standard InChI is InChI=1S/C14H14Br2OS/c1-3-17-10-4-5-11(12(15)8-10)13(16)14-9(2)6-7-18-14/h4-8,13H,3H2,1-2H3. The lowest BCUT2D eigenvalue weighted by Gasteiger charge is -2.13. The summed E-state index contributed by atoms with van der Waals surface area (Å²) in [6.07, 6.45) is 0. The van der Waals surface area contributed by atoms with Gasteiger partial charge in [0.25, 0.3) is 0 Å². The molecule has 18 heavy (non-hydrogen) atoms. The van der Waals surface area contributed by atoms with Crippen molar-refractivity contribution in [3.63, 3.8) is 0 Å². The second-order valence-electron chi connectivity index (χ2n) is 3.95. The molecule has 0 saturated carbocycles. The van der Waals surface area contributed by atoms with Crippen molar-refractivity contribution in [3.8, 4) is 5.75 Å². The molecule has 1 heterocycles. The molecule has 4 heteroatoms. The summed E-state index contributed by atoms with van der Waals surface area (Å²) >= 11 is 9.18. The van der Waals surface area contributed by atoms with E-state index in [2.05, 4.69) is 56.3 Å². The van der Waals surface area contributed by atoms with Gasteiger partial charge >= 0.3 is 0 Å². The first kappa shape index (κ1) is 14.1. The molecule has 1 aromatic heterocycles. The van der Waals surface area contributed by atoms with Crippen LogP contribution in [-0.2, 0) is 0 Å². The topological polar surface area (TPSA) is 9.23 Å². The lowest BCUT2D eigenvalue weighted by Crippen LogP contribution is -1.96. The summed E-state index contributed by atoms with van der Waals surface area (Å²) in [6, 6.07) is 8.29. The van der Waals surface area contributed by atoms with Gasteiger partial charge in [-0.15, -0.1) is 11.3 Å². The van der Waals surface area contributed by atoms with Crippen LogP contribution in [-0.4, -0.2) is 6.61 Å². The third-order valence-corrected chi connectivity index (χ3v) is 5.71.